The molecule has 2 aromatic heterocycles. The van der Waals surface area contributed by atoms with Gasteiger partial charge >= 0.3 is 0 Å². The zero-order valence-corrected chi connectivity index (χ0v) is 14.1. The van der Waals surface area contributed by atoms with Crippen molar-refractivity contribution < 1.29 is 12.9 Å². The molecule has 0 aliphatic rings. The van der Waals surface area contributed by atoms with Gasteiger partial charge in [-0.1, -0.05) is 5.16 Å². The highest BCUT2D eigenvalue weighted by Gasteiger charge is 2.22. The van der Waals surface area contributed by atoms with Gasteiger partial charge in [0.15, 0.2) is 5.82 Å². The van der Waals surface area contributed by atoms with Crippen LogP contribution in [0.5, 0.6) is 0 Å². The Morgan fingerprint density at radius 2 is 2.00 bits per heavy atom. The zero-order chi connectivity index (χ0) is 17.5. The molecular weight excluding hydrogens is 332 g/mol. The molecule has 0 amide bonds. The summed E-state index contributed by atoms with van der Waals surface area (Å²) in [6.45, 7) is 5.03. The Morgan fingerprint density at radius 3 is 2.67 bits per heavy atom. The molecule has 0 spiro atoms. The summed E-state index contributed by atoms with van der Waals surface area (Å²) in [5, 5.41) is 4.31. The fourth-order valence-electron chi connectivity index (χ4n) is 2.41. The van der Waals surface area contributed by atoms with Gasteiger partial charge in [0.1, 0.15) is 0 Å². The molecule has 8 nitrogen and oxygen atoms in total. The molecule has 0 saturated heterocycles. The standard InChI is InChI=1S/C15H16N4O4S/c1-8-6-14(20)17-13-5-4-11(7-12(8)13)24(21,22)19-9(2)15-16-10(3)18-23-15/h4-7,9,19H,1-3H3,(H,17,20). The number of H-pyrrole nitrogens is 1. The maximum absolute atomic E-state index is 12.6. The van der Waals surface area contributed by atoms with E-state index in [2.05, 4.69) is 19.8 Å². The number of aromatic nitrogens is 3. The second-order valence-electron chi connectivity index (χ2n) is 5.55. The molecular formula is C15H16N4O4S. The van der Waals surface area contributed by atoms with Crippen LogP contribution in [0.25, 0.3) is 10.9 Å². The van der Waals surface area contributed by atoms with Crippen LogP contribution in [0.4, 0.5) is 0 Å². The van der Waals surface area contributed by atoms with Crippen LogP contribution in [0.2, 0.25) is 0 Å². The average molecular weight is 348 g/mol. The summed E-state index contributed by atoms with van der Waals surface area (Å²) < 4.78 is 32.6. The number of aryl methyl sites for hydroxylation is 2. The third-order valence-electron chi connectivity index (χ3n) is 3.58. The summed E-state index contributed by atoms with van der Waals surface area (Å²) >= 11 is 0. The van der Waals surface area contributed by atoms with E-state index >= 15 is 0 Å². The minimum Gasteiger partial charge on any atom is -0.338 e. The Kier molecular flexibility index (Phi) is 3.98. The molecule has 0 aliphatic carbocycles. The molecule has 0 bridgehead atoms. The van der Waals surface area contributed by atoms with Gasteiger partial charge in [-0.25, -0.2) is 8.42 Å². The number of fused-ring (bicyclic) bond motifs is 1. The molecule has 126 valence electrons. The lowest BCUT2D eigenvalue weighted by molar-refractivity contribution is 0.351. The molecule has 1 unspecified atom stereocenters. The van der Waals surface area contributed by atoms with Crippen LogP contribution >= 0.6 is 0 Å². The number of pyridine rings is 1. The Labute approximate surface area is 138 Å². The highest BCUT2D eigenvalue weighted by Crippen LogP contribution is 2.21. The lowest BCUT2D eigenvalue weighted by Crippen LogP contribution is -2.27. The predicted octanol–water partition coefficient (Wildman–Crippen LogP) is 1.57. The summed E-state index contributed by atoms with van der Waals surface area (Å²) in [7, 11) is -3.79. The zero-order valence-electron chi connectivity index (χ0n) is 13.3. The summed E-state index contributed by atoms with van der Waals surface area (Å²) in [4.78, 5) is 18.3. The van der Waals surface area contributed by atoms with Crippen molar-refractivity contribution in [2.45, 2.75) is 31.7 Å². The van der Waals surface area contributed by atoms with Gasteiger partial charge in [0.05, 0.1) is 10.9 Å². The van der Waals surface area contributed by atoms with Crippen molar-refractivity contribution >= 4 is 20.9 Å². The predicted molar refractivity (Wildman–Crippen MR) is 87.1 cm³/mol. The first-order valence-electron chi connectivity index (χ1n) is 7.22. The van der Waals surface area contributed by atoms with Crippen LogP contribution in [0.15, 0.2) is 38.5 Å². The number of nitrogens with zero attached hydrogens (tertiary/aromatic N) is 2. The number of rotatable bonds is 4. The van der Waals surface area contributed by atoms with Gasteiger partial charge < -0.3 is 9.51 Å². The molecule has 2 heterocycles. The van der Waals surface area contributed by atoms with E-state index in [9.17, 15) is 13.2 Å². The summed E-state index contributed by atoms with van der Waals surface area (Å²) in [5.74, 6) is 0.624. The van der Waals surface area contributed by atoms with E-state index in [-0.39, 0.29) is 16.3 Å². The van der Waals surface area contributed by atoms with Gasteiger partial charge in [0.25, 0.3) is 0 Å². The SMILES string of the molecule is Cc1noc(C(C)NS(=O)(=O)c2ccc3[nH]c(=O)cc(C)c3c2)n1. The van der Waals surface area contributed by atoms with Gasteiger partial charge in [-0.2, -0.15) is 9.71 Å². The lowest BCUT2D eigenvalue weighted by Gasteiger charge is -2.11. The van der Waals surface area contributed by atoms with E-state index in [1.165, 1.54) is 18.2 Å². The normalized spacial score (nSPS) is 13.3. The van der Waals surface area contributed by atoms with E-state index in [0.29, 0.717) is 22.3 Å². The van der Waals surface area contributed by atoms with Gasteiger partial charge in [-0.05, 0) is 44.5 Å². The number of sulfonamides is 1. The largest absolute Gasteiger partial charge is 0.338 e. The first-order valence-corrected chi connectivity index (χ1v) is 8.71. The molecule has 24 heavy (non-hydrogen) atoms. The molecule has 1 atom stereocenters. The summed E-state index contributed by atoms with van der Waals surface area (Å²) in [6, 6.07) is 5.29. The van der Waals surface area contributed by atoms with E-state index in [1.54, 1.807) is 26.8 Å². The summed E-state index contributed by atoms with van der Waals surface area (Å²) in [6.07, 6.45) is 0. The van der Waals surface area contributed by atoms with E-state index in [0.717, 1.165) is 0 Å². The highest BCUT2D eigenvalue weighted by atomic mass is 32.2. The van der Waals surface area contributed by atoms with E-state index < -0.39 is 16.1 Å². The average Bonchev–Trinajstić information content (AvgIpc) is 2.93. The monoisotopic (exact) mass is 348 g/mol. The van der Waals surface area contributed by atoms with Crippen molar-refractivity contribution in [3.8, 4) is 0 Å². The van der Waals surface area contributed by atoms with Crippen LogP contribution < -0.4 is 10.3 Å². The molecule has 3 rings (SSSR count). The second kappa shape index (κ2) is 5.84. The Bertz CT molecular complexity index is 1070. The first-order chi connectivity index (χ1) is 11.3. The Balaban J connectivity index is 1.97. The molecule has 1 aromatic carbocycles. The second-order valence-corrected chi connectivity index (χ2v) is 7.26. The molecule has 0 aliphatic heterocycles. The molecule has 9 heteroatoms. The molecule has 0 saturated carbocycles. The third kappa shape index (κ3) is 3.08. The van der Waals surface area contributed by atoms with Crippen LogP contribution in [-0.2, 0) is 10.0 Å². The molecule has 0 fully saturated rings. The maximum Gasteiger partial charge on any atom is 0.248 e. The quantitative estimate of drug-likeness (QED) is 0.739. The minimum atomic E-state index is -3.79. The summed E-state index contributed by atoms with van der Waals surface area (Å²) in [5.41, 5.74) is 1.06. The first kappa shape index (κ1) is 16.3. The third-order valence-corrected chi connectivity index (χ3v) is 5.12. The van der Waals surface area contributed by atoms with Crippen LogP contribution in [0.1, 0.15) is 30.2 Å². The number of benzene rings is 1. The van der Waals surface area contributed by atoms with E-state index in [4.69, 9.17) is 4.52 Å². The molecule has 3 aromatic rings. The molecule has 2 N–H and O–H groups in total. The lowest BCUT2D eigenvalue weighted by atomic mass is 10.1. The van der Waals surface area contributed by atoms with Gasteiger partial charge in [-0.15, -0.1) is 0 Å². The van der Waals surface area contributed by atoms with Crippen LogP contribution in [0.3, 0.4) is 0 Å². The molecule has 0 radical (unpaired) electrons. The number of hydrogen-bond acceptors (Lipinski definition) is 6. The topological polar surface area (TPSA) is 118 Å². The van der Waals surface area contributed by atoms with Gasteiger partial charge in [-0.3, -0.25) is 4.79 Å². The Hall–Kier alpha value is -2.52. The van der Waals surface area contributed by atoms with Crippen molar-refractivity contribution in [3.05, 3.63) is 51.9 Å². The number of nitrogens with one attached hydrogen (secondary N) is 2. The van der Waals surface area contributed by atoms with Crippen molar-refractivity contribution in [3.63, 3.8) is 0 Å². The van der Waals surface area contributed by atoms with Crippen molar-refractivity contribution in [1.82, 2.24) is 19.8 Å². The van der Waals surface area contributed by atoms with Gasteiger partial charge in [0, 0.05) is 17.0 Å². The van der Waals surface area contributed by atoms with Crippen LogP contribution in [0, 0.1) is 13.8 Å². The van der Waals surface area contributed by atoms with Crippen molar-refractivity contribution in [2.75, 3.05) is 0 Å². The highest BCUT2D eigenvalue weighted by molar-refractivity contribution is 7.89. The number of aromatic amines is 1. The fourth-order valence-corrected chi connectivity index (χ4v) is 3.63. The minimum absolute atomic E-state index is 0.0910. The van der Waals surface area contributed by atoms with Crippen molar-refractivity contribution in [2.24, 2.45) is 0 Å². The van der Waals surface area contributed by atoms with E-state index in [1.807, 2.05) is 0 Å². The number of hydrogen-bond donors (Lipinski definition) is 2. The van der Waals surface area contributed by atoms with Crippen molar-refractivity contribution in [1.29, 1.82) is 0 Å². The fraction of sp³-hybridized carbons (Fsp3) is 0.267. The maximum atomic E-state index is 12.6. The smallest absolute Gasteiger partial charge is 0.248 e. The van der Waals surface area contributed by atoms with Crippen LogP contribution in [-0.4, -0.2) is 23.5 Å². The Morgan fingerprint density at radius 1 is 1.25 bits per heavy atom. The van der Waals surface area contributed by atoms with Gasteiger partial charge in [0.2, 0.25) is 21.5 Å².